The highest BCUT2D eigenvalue weighted by molar-refractivity contribution is 8.16. The normalized spacial score (nSPS) is 12.3. The quantitative estimate of drug-likeness (QED) is 0.623. The number of aliphatic hydroxyl groups excluding tert-OH is 1. The second kappa shape index (κ2) is 11.3. The zero-order chi connectivity index (χ0) is 20.4. The number of carbonyl (C=O) groups is 2. The number of benzene rings is 1. The summed E-state index contributed by atoms with van der Waals surface area (Å²) < 4.78 is 5.65. The lowest BCUT2D eigenvalue weighted by Crippen LogP contribution is -2.15. The summed E-state index contributed by atoms with van der Waals surface area (Å²) in [5.41, 5.74) is 2.70. The molecule has 2 aromatic rings. The van der Waals surface area contributed by atoms with Crippen LogP contribution in [0.5, 0.6) is 5.75 Å². The van der Waals surface area contributed by atoms with Gasteiger partial charge in [0.05, 0.1) is 5.69 Å². The lowest BCUT2D eigenvalue weighted by atomic mass is 10.1. The third-order valence-electron chi connectivity index (χ3n) is 4.03. The van der Waals surface area contributed by atoms with E-state index in [9.17, 15) is 14.7 Å². The molecule has 0 fully saturated rings. The Morgan fingerprint density at radius 2 is 1.96 bits per heavy atom. The molecular weight excluding hydrogens is 376 g/mol. The van der Waals surface area contributed by atoms with Crippen LogP contribution in [0, 0.1) is 0 Å². The van der Waals surface area contributed by atoms with Crippen LogP contribution in [-0.2, 0) is 17.6 Å². The van der Waals surface area contributed by atoms with Crippen molar-refractivity contribution in [2.45, 2.75) is 32.8 Å². The summed E-state index contributed by atoms with van der Waals surface area (Å²) in [4.78, 5) is 26.9. The van der Waals surface area contributed by atoms with Gasteiger partial charge < -0.3 is 9.84 Å². The van der Waals surface area contributed by atoms with Gasteiger partial charge in [-0.05, 0) is 59.3 Å². The molecule has 0 aliphatic heterocycles. The third kappa shape index (κ3) is 6.83. The van der Waals surface area contributed by atoms with E-state index >= 15 is 0 Å². The van der Waals surface area contributed by atoms with Crippen molar-refractivity contribution in [2.24, 2.45) is 0 Å². The molecule has 0 bridgehead atoms. The first-order valence-electron chi connectivity index (χ1n) is 8.97. The summed E-state index contributed by atoms with van der Waals surface area (Å²) in [7, 11) is 0. The van der Waals surface area contributed by atoms with Crippen molar-refractivity contribution in [1.82, 2.24) is 10.3 Å². The number of aryl methyl sites for hydroxylation is 1. The van der Waals surface area contributed by atoms with Crippen molar-refractivity contribution in [3.63, 3.8) is 0 Å². The molecule has 1 aromatic heterocycles. The maximum absolute atomic E-state index is 11.5. The number of carbonyl (C=O) groups excluding carboxylic acids is 2. The fraction of sp³-hybridized carbons (Fsp3) is 0.286. The van der Waals surface area contributed by atoms with Crippen LogP contribution in [0.4, 0.5) is 4.79 Å². The maximum Gasteiger partial charge on any atom is 0.289 e. The summed E-state index contributed by atoms with van der Waals surface area (Å²) in [6.45, 7) is 4.01. The lowest BCUT2D eigenvalue weighted by molar-refractivity contribution is -0.108. The number of nitrogens with zero attached hydrogens (tertiary/aromatic N) is 1. The minimum absolute atomic E-state index is 0.111. The van der Waals surface area contributed by atoms with Gasteiger partial charge in [-0.2, -0.15) is 0 Å². The minimum atomic E-state index is -0.798. The average molecular weight is 401 g/mol. The first-order chi connectivity index (χ1) is 13.5. The smallest absolute Gasteiger partial charge is 0.289 e. The second-order valence-corrected chi connectivity index (χ2v) is 7.10. The average Bonchev–Trinajstić information content (AvgIpc) is 2.72. The van der Waals surface area contributed by atoms with Gasteiger partial charge in [-0.15, -0.1) is 0 Å². The highest BCUT2D eigenvalue weighted by Crippen LogP contribution is 2.23. The number of amides is 2. The zero-order valence-corrected chi connectivity index (χ0v) is 16.7. The van der Waals surface area contributed by atoms with Crippen LogP contribution in [0.25, 0.3) is 0 Å². The van der Waals surface area contributed by atoms with Crippen molar-refractivity contribution in [3.05, 3.63) is 70.4 Å². The molecule has 1 aromatic carbocycles. The Morgan fingerprint density at radius 1 is 1.25 bits per heavy atom. The van der Waals surface area contributed by atoms with Gasteiger partial charge in [0.2, 0.25) is 6.41 Å². The van der Waals surface area contributed by atoms with Gasteiger partial charge in [0, 0.05) is 12.6 Å². The van der Waals surface area contributed by atoms with E-state index in [1.807, 2.05) is 49.4 Å². The highest BCUT2D eigenvalue weighted by Gasteiger charge is 2.11. The van der Waals surface area contributed by atoms with Gasteiger partial charge in [0.1, 0.15) is 18.5 Å². The Balaban J connectivity index is 1.87. The van der Waals surface area contributed by atoms with Gasteiger partial charge in [-0.3, -0.25) is 19.9 Å². The number of allylic oxidation sites excluding steroid dienone is 2. The summed E-state index contributed by atoms with van der Waals surface area (Å²) in [6.07, 6.45) is 4.65. The molecule has 1 unspecified atom stereocenters. The molecule has 0 saturated carbocycles. The number of pyridine rings is 1. The summed E-state index contributed by atoms with van der Waals surface area (Å²) in [5, 5.41) is 11.9. The van der Waals surface area contributed by atoms with Crippen LogP contribution in [0.3, 0.4) is 0 Å². The molecule has 148 valence electrons. The first kappa shape index (κ1) is 21.7. The van der Waals surface area contributed by atoms with E-state index < -0.39 is 11.3 Å². The Morgan fingerprint density at radius 3 is 2.54 bits per heavy atom. The lowest BCUT2D eigenvalue weighted by Gasteiger charge is -2.13. The van der Waals surface area contributed by atoms with Gasteiger partial charge in [0.25, 0.3) is 5.24 Å². The van der Waals surface area contributed by atoms with Gasteiger partial charge in [-0.1, -0.05) is 31.2 Å². The number of aliphatic hydroxyl groups is 1. The molecule has 1 heterocycles. The molecule has 1 atom stereocenters. The fourth-order valence-corrected chi connectivity index (χ4v) is 3.10. The molecule has 0 aliphatic rings. The largest absolute Gasteiger partial charge is 0.490 e. The summed E-state index contributed by atoms with van der Waals surface area (Å²) >= 11 is 0.991. The van der Waals surface area contributed by atoms with E-state index in [0.29, 0.717) is 24.3 Å². The Kier molecular flexibility index (Phi) is 8.71. The molecule has 0 saturated heterocycles. The van der Waals surface area contributed by atoms with Gasteiger partial charge >= 0.3 is 0 Å². The molecule has 6 nitrogen and oxygen atoms in total. The van der Waals surface area contributed by atoms with E-state index in [4.69, 9.17) is 4.74 Å². The maximum atomic E-state index is 11.5. The van der Waals surface area contributed by atoms with Crippen LogP contribution >= 0.6 is 11.8 Å². The second-order valence-electron chi connectivity index (χ2n) is 6.00. The predicted octanol–water partition coefficient (Wildman–Crippen LogP) is 3.80. The number of imide groups is 1. The monoisotopic (exact) mass is 400 g/mol. The fourth-order valence-electron chi connectivity index (χ4n) is 2.40. The van der Waals surface area contributed by atoms with Crippen molar-refractivity contribution in [2.75, 3.05) is 6.61 Å². The SMILES string of the molecule is C/C=C(\Cc1ccc(OCC(O)c2ccc(CC)cn2)cc1)SC(=O)NC=O. The van der Waals surface area contributed by atoms with E-state index in [0.717, 1.165) is 34.2 Å². The highest BCUT2D eigenvalue weighted by atomic mass is 32.2. The van der Waals surface area contributed by atoms with E-state index in [1.165, 1.54) is 0 Å². The Hall–Kier alpha value is -2.64. The van der Waals surface area contributed by atoms with Crippen LogP contribution in [0.2, 0.25) is 0 Å². The molecule has 0 radical (unpaired) electrons. The van der Waals surface area contributed by atoms with E-state index in [2.05, 4.69) is 17.2 Å². The van der Waals surface area contributed by atoms with Crippen LogP contribution in [0.1, 0.15) is 36.8 Å². The standard InChI is InChI=1S/C21H24N2O4S/c1-3-15-7-10-19(22-12-15)20(25)13-27-17-8-5-16(6-9-17)11-18(4-2)28-21(26)23-14-24/h4-10,12,14,20,25H,3,11,13H2,1-2H3,(H,23,24,26)/b18-4+. The Labute approximate surface area is 169 Å². The van der Waals surface area contributed by atoms with E-state index in [-0.39, 0.29) is 6.61 Å². The minimum Gasteiger partial charge on any atom is -0.490 e. The van der Waals surface area contributed by atoms with Crippen LogP contribution in [0.15, 0.2) is 53.6 Å². The van der Waals surface area contributed by atoms with Crippen LogP contribution in [-0.4, -0.2) is 28.3 Å². The van der Waals surface area contributed by atoms with Crippen molar-refractivity contribution < 1.29 is 19.4 Å². The van der Waals surface area contributed by atoms with Crippen molar-refractivity contribution in [1.29, 1.82) is 0 Å². The first-order valence-corrected chi connectivity index (χ1v) is 9.79. The predicted molar refractivity (Wildman–Crippen MR) is 110 cm³/mol. The van der Waals surface area contributed by atoms with Crippen LogP contribution < -0.4 is 10.1 Å². The van der Waals surface area contributed by atoms with Crippen molar-refractivity contribution in [3.8, 4) is 5.75 Å². The summed E-state index contributed by atoms with van der Waals surface area (Å²) in [5.74, 6) is 0.640. The number of hydrogen-bond acceptors (Lipinski definition) is 6. The molecular formula is C21H24N2O4S. The number of nitrogens with one attached hydrogen (secondary N) is 1. The molecule has 0 spiro atoms. The molecule has 0 aliphatic carbocycles. The molecule has 2 rings (SSSR count). The third-order valence-corrected chi connectivity index (χ3v) is 4.97. The number of thioether (sulfide) groups is 1. The Bertz CT molecular complexity index is 804. The number of ether oxygens (including phenoxy) is 1. The summed E-state index contributed by atoms with van der Waals surface area (Å²) in [6, 6.07) is 11.2. The zero-order valence-electron chi connectivity index (χ0n) is 15.9. The number of aromatic nitrogens is 1. The van der Waals surface area contributed by atoms with Crippen molar-refractivity contribution >= 4 is 23.4 Å². The van der Waals surface area contributed by atoms with Gasteiger partial charge in [0.15, 0.2) is 0 Å². The molecule has 2 N–H and O–H groups in total. The van der Waals surface area contributed by atoms with E-state index in [1.54, 1.807) is 6.20 Å². The number of rotatable bonds is 9. The number of hydrogen-bond donors (Lipinski definition) is 2. The molecule has 28 heavy (non-hydrogen) atoms. The van der Waals surface area contributed by atoms with Gasteiger partial charge in [-0.25, -0.2) is 0 Å². The molecule has 2 amide bonds. The topological polar surface area (TPSA) is 88.5 Å². The molecule has 7 heteroatoms.